The number of hydrogen-bond acceptors (Lipinski definition) is 0. The summed E-state index contributed by atoms with van der Waals surface area (Å²) in [5, 5.41) is 0. The first-order chi connectivity index (χ1) is 5.20. The normalized spacial score (nSPS) is 31.8. The monoisotopic (exact) mass is 216 g/mol. The molecule has 0 nitrogen and oxygen atoms in total. The molecule has 0 spiro atoms. The molecule has 0 N–H and O–H groups in total. The second-order valence-corrected chi connectivity index (χ2v) is 4.86. The number of halogens is 1. The van der Waals surface area contributed by atoms with Gasteiger partial charge in [0.2, 0.25) is 0 Å². The lowest BCUT2D eigenvalue weighted by atomic mass is 9.79. The third-order valence-corrected chi connectivity index (χ3v) is 3.10. The van der Waals surface area contributed by atoms with Gasteiger partial charge in [0, 0.05) is 0 Å². The molecule has 0 aliphatic heterocycles. The molecule has 1 fully saturated rings. The molecule has 0 heterocycles. The van der Waals surface area contributed by atoms with E-state index in [9.17, 15) is 0 Å². The Morgan fingerprint density at radius 2 is 2.09 bits per heavy atom. The van der Waals surface area contributed by atoms with Crippen LogP contribution >= 0.6 is 15.9 Å². The summed E-state index contributed by atoms with van der Waals surface area (Å²) >= 11 is 3.44. The van der Waals surface area contributed by atoms with E-state index in [4.69, 9.17) is 0 Å². The van der Waals surface area contributed by atoms with Gasteiger partial charge in [-0.25, -0.2) is 0 Å². The summed E-state index contributed by atoms with van der Waals surface area (Å²) in [4.78, 5) is 0. The highest BCUT2D eigenvalue weighted by Crippen LogP contribution is 2.34. The van der Waals surface area contributed by atoms with Crippen molar-refractivity contribution in [3.05, 3.63) is 11.1 Å². The van der Waals surface area contributed by atoms with E-state index >= 15 is 0 Å². The highest BCUT2D eigenvalue weighted by molar-refractivity contribution is 9.11. The Hall–Kier alpha value is 0.220. The van der Waals surface area contributed by atoms with Crippen molar-refractivity contribution in [1.82, 2.24) is 0 Å². The Morgan fingerprint density at radius 1 is 1.45 bits per heavy atom. The summed E-state index contributed by atoms with van der Waals surface area (Å²) in [5.41, 5.74) is 0. The molecular weight excluding hydrogens is 200 g/mol. The number of hydrogen-bond donors (Lipinski definition) is 0. The third kappa shape index (κ3) is 2.98. The van der Waals surface area contributed by atoms with E-state index in [0.29, 0.717) is 0 Å². The maximum Gasteiger partial charge on any atom is -0.0118 e. The second-order valence-electron chi connectivity index (χ2n) is 3.74. The zero-order valence-electron chi connectivity index (χ0n) is 7.28. The lowest BCUT2D eigenvalue weighted by Gasteiger charge is -2.28. The van der Waals surface area contributed by atoms with E-state index < -0.39 is 0 Å². The maximum absolute atomic E-state index is 3.90. The van der Waals surface area contributed by atoms with E-state index in [1.807, 2.05) is 0 Å². The van der Waals surface area contributed by atoms with E-state index in [1.165, 1.54) is 36.6 Å². The van der Waals surface area contributed by atoms with Gasteiger partial charge in [0.05, 0.1) is 0 Å². The topological polar surface area (TPSA) is 0 Å². The Bertz CT molecular complexity index is 140. The average molecular weight is 217 g/mol. The zero-order chi connectivity index (χ0) is 8.27. The van der Waals surface area contributed by atoms with Crippen LogP contribution in [0.2, 0.25) is 0 Å². The van der Waals surface area contributed by atoms with Gasteiger partial charge >= 0.3 is 0 Å². The molecule has 2 unspecified atom stereocenters. The van der Waals surface area contributed by atoms with Gasteiger partial charge in [0.25, 0.3) is 0 Å². The highest BCUT2D eigenvalue weighted by atomic mass is 79.9. The lowest BCUT2D eigenvalue weighted by Crippen LogP contribution is -2.16. The number of rotatable bonds is 2. The van der Waals surface area contributed by atoms with Crippen molar-refractivity contribution in [2.75, 3.05) is 0 Å². The molecule has 1 heteroatoms. The molecule has 1 rings (SSSR count). The van der Waals surface area contributed by atoms with Crippen LogP contribution in [0.1, 0.15) is 39.0 Å². The van der Waals surface area contributed by atoms with Crippen molar-refractivity contribution in [3.63, 3.8) is 0 Å². The van der Waals surface area contributed by atoms with Crippen LogP contribution in [-0.4, -0.2) is 0 Å². The van der Waals surface area contributed by atoms with Crippen molar-refractivity contribution in [1.29, 1.82) is 0 Å². The van der Waals surface area contributed by atoms with Crippen LogP contribution in [-0.2, 0) is 0 Å². The predicted molar refractivity (Wildman–Crippen MR) is 53.8 cm³/mol. The molecule has 1 aliphatic carbocycles. The predicted octanol–water partition coefficient (Wildman–Crippen LogP) is 4.11. The SMILES string of the molecule is C=C(Br)CC1CCCCC1C. The van der Waals surface area contributed by atoms with Crippen molar-refractivity contribution in [3.8, 4) is 0 Å². The lowest BCUT2D eigenvalue weighted by molar-refractivity contribution is 0.257. The molecule has 0 radical (unpaired) electrons. The van der Waals surface area contributed by atoms with Crippen molar-refractivity contribution in [2.45, 2.75) is 39.0 Å². The van der Waals surface area contributed by atoms with Crippen molar-refractivity contribution >= 4 is 15.9 Å². The molecule has 11 heavy (non-hydrogen) atoms. The van der Waals surface area contributed by atoms with Crippen LogP contribution in [0.4, 0.5) is 0 Å². The smallest absolute Gasteiger partial charge is 0.0118 e. The van der Waals surface area contributed by atoms with Gasteiger partial charge < -0.3 is 0 Å². The average Bonchev–Trinajstić information content (AvgIpc) is 1.93. The van der Waals surface area contributed by atoms with Crippen LogP contribution in [0.15, 0.2) is 11.1 Å². The Labute approximate surface area is 78.2 Å². The summed E-state index contributed by atoms with van der Waals surface area (Å²) in [5.74, 6) is 1.81. The molecule has 0 aromatic carbocycles. The van der Waals surface area contributed by atoms with E-state index in [-0.39, 0.29) is 0 Å². The maximum atomic E-state index is 3.90. The molecule has 0 bridgehead atoms. The quantitative estimate of drug-likeness (QED) is 0.652. The van der Waals surface area contributed by atoms with Gasteiger partial charge in [-0.15, -0.1) is 0 Å². The minimum Gasteiger partial charge on any atom is -0.0889 e. The van der Waals surface area contributed by atoms with Gasteiger partial charge in [-0.3, -0.25) is 0 Å². The van der Waals surface area contributed by atoms with E-state index in [2.05, 4.69) is 29.4 Å². The fourth-order valence-electron chi connectivity index (χ4n) is 1.98. The minimum absolute atomic E-state index is 0.899. The molecular formula is C10H17Br. The Morgan fingerprint density at radius 3 is 2.64 bits per heavy atom. The standard InChI is InChI=1S/C10H17Br/c1-8-5-3-4-6-10(8)7-9(2)11/h8,10H,2-7H2,1H3. The van der Waals surface area contributed by atoms with Gasteiger partial charge in [-0.2, -0.15) is 0 Å². The molecule has 1 saturated carbocycles. The minimum atomic E-state index is 0.899. The Kier molecular flexibility index (Phi) is 3.64. The first-order valence-corrected chi connectivity index (χ1v) is 5.32. The summed E-state index contributed by atoms with van der Waals surface area (Å²) in [6, 6.07) is 0. The molecule has 1 aliphatic rings. The van der Waals surface area contributed by atoms with Crippen LogP contribution < -0.4 is 0 Å². The van der Waals surface area contributed by atoms with Gasteiger partial charge in [0.15, 0.2) is 0 Å². The Balaban J connectivity index is 2.35. The molecule has 2 atom stereocenters. The fraction of sp³-hybridized carbons (Fsp3) is 0.800. The van der Waals surface area contributed by atoms with Gasteiger partial charge in [-0.05, 0) is 29.2 Å². The molecule has 0 aromatic heterocycles. The number of allylic oxidation sites excluding steroid dienone is 1. The first kappa shape index (κ1) is 9.31. The summed E-state index contributed by atoms with van der Waals surface area (Å²) < 4.78 is 1.18. The van der Waals surface area contributed by atoms with Crippen molar-refractivity contribution < 1.29 is 0 Å². The van der Waals surface area contributed by atoms with Crippen LogP contribution in [0.25, 0.3) is 0 Å². The first-order valence-electron chi connectivity index (χ1n) is 4.53. The third-order valence-electron chi connectivity index (χ3n) is 2.77. The van der Waals surface area contributed by atoms with Crippen molar-refractivity contribution in [2.24, 2.45) is 11.8 Å². The molecule has 0 aromatic rings. The van der Waals surface area contributed by atoms with Gasteiger partial charge in [-0.1, -0.05) is 48.7 Å². The van der Waals surface area contributed by atoms with E-state index in [1.54, 1.807) is 0 Å². The largest absolute Gasteiger partial charge is 0.0889 e. The molecule has 0 saturated heterocycles. The highest BCUT2D eigenvalue weighted by Gasteiger charge is 2.20. The zero-order valence-corrected chi connectivity index (χ0v) is 8.86. The van der Waals surface area contributed by atoms with Crippen LogP contribution in [0.5, 0.6) is 0 Å². The van der Waals surface area contributed by atoms with Gasteiger partial charge in [0.1, 0.15) is 0 Å². The summed E-state index contributed by atoms with van der Waals surface area (Å²) in [6.45, 7) is 6.28. The second kappa shape index (κ2) is 4.30. The van der Waals surface area contributed by atoms with E-state index in [0.717, 1.165) is 11.8 Å². The molecule has 0 amide bonds. The fourth-order valence-corrected chi connectivity index (χ4v) is 2.40. The molecule has 64 valence electrons. The van der Waals surface area contributed by atoms with Crippen LogP contribution in [0.3, 0.4) is 0 Å². The van der Waals surface area contributed by atoms with Crippen LogP contribution in [0, 0.1) is 11.8 Å². The summed E-state index contributed by atoms with van der Waals surface area (Å²) in [6.07, 6.45) is 6.87. The summed E-state index contributed by atoms with van der Waals surface area (Å²) in [7, 11) is 0.